The summed E-state index contributed by atoms with van der Waals surface area (Å²) in [6, 6.07) is 18.2. The molecular formula is C21H23ClN2O2. The number of carbonyl (C=O) groups excluding carboxylic acids is 1. The molecule has 0 fully saturated rings. The van der Waals surface area contributed by atoms with Crippen LogP contribution in [0.5, 0.6) is 5.75 Å². The van der Waals surface area contributed by atoms with Gasteiger partial charge in [-0.15, -0.1) is 12.4 Å². The zero-order chi connectivity index (χ0) is 17.8. The van der Waals surface area contributed by atoms with Gasteiger partial charge in [0.2, 0.25) is 5.91 Å². The summed E-state index contributed by atoms with van der Waals surface area (Å²) in [5, 5.41) is 5.12. The molecule has 0 unspecified atom stereocenters. The third-order valence-corrected chi connectivity index (χ3v) is 4.29. The number of amides is 1. The van der Waals surface area contributed by atoms with Crippen LogP contribution in [0.1, 0.15) is 12.5 Å². The lowest BCUT2D eigenvalue weighted by atomic mass is 9.94. The van der Waals surface area contributed by atoms with Crippen molar-refractivity contribution in [2.75, 3.05) is 19.4 Å². The fourth-order valence-electron chi connectivity index (χ4n) is 3.04. The SMILES string of the molecule is COc1ccc2cc(-c3ccccc3N)cc(CCNC(C)=O)c2c1.Cl. The molecule has 0 atom stereocenters. The first-order valence-corrected chi connectivity index (χ1v) is 8.28. The lowest BCUT2D eigenvalue weighted by Gasteiger charge is -2.13. The van der Waals surface area contributed by atoms with E-state index in [1.165, 1.54) is 6.92 Å². The molecule has 0 saturated carbocycles. The van der Waals surface area contributed by atoms with Crippen LogP contribution >= 0.6 is 12.4 Å². The number of para-hydroxylation sites is 1. The largest absolute Gasteiger partial charge is 0.497 e. The quantitative estimate of drug-likeness (QED) is 0.661. The van der Waals surface area contributed by atoms with Crippen molar-refractivity contribution < 1.29 is 9.53 Å². The summed E-state index contributed by atoms with van der Waals surface area (Å²) in [5.41, 5.74) is 10.2. The number of ether oxygens (including phenoxy) is 1. The van der Waals surface area contributed by atoms with E-state index in [-0.39, 0.29) is 18.3 Å². The number of methoxy groups -OCH3 is 1. The van der Waals surface area contributed by atoms with Crippen LogP contribution in [0.15, 0.2) is 54.6 Å². The third kappa shape index (κ3) is 4.27. The maximum absolute atomic E-state index is 11.2. The van der Waals surface area contributed by atoms with E-state index in [0.29, 0.717) is 6.54 Å². The molecule has 1 amide bonds. The summed E-state index contributed by atoms with van der Waals surface area (Å²) in [4.78, 5) is 11.2. The second-order valence-electron chi connectivity index (χ2n) is 6.04. The van der Waals surface area contributed by atoms with E-state index in [2.05, 4.69) is 23.5 Å². The topological polar surface area (TPSA) is 64.3 Å². The summed E-state index contributed by atoms with van der Waals surface area (Å²) in [6.45, 7) is 2.12. The molecule has 0 aromatic heterocycles. The normalized spacial score (nSPS) is 10.2. The Morgan fingerprint density at radius 2 is 1.88 bits per heavy atom. The van der Waals surface area contributed by atoms with Crippen molar-refractivity contribution in [3.05, 3.63) is 60.2 Å². The number of nitrogens with two attached hydrogens (primary N) is 1. The summed E-state index contributed by atoms with van der Waals surface area (Å²) >= 11 is 0. The molecule has 0 bridgehead atoms. The monoisotopic (exact) mass is 370 g/mol. The van der Waals surface area contributed by atoms with E-state index in [9.17, 15) is 4.79 Å². The number of rotatable bonds is 5. The summed E-state index contributed by atoms with van der Waals surface area (Å²) < 4.78 is 5.36. The zero-order valence-corrected chi connectivity index (χ0v) is 15.7. The molecule has 0 saturated heterocycles. The van der Waals surface area contributed by atoms with Gasteiger partial charge in [-0.25, -0.2) is 0 Å². The number of fused-ring (bicyclic) bond motifs is 1. The first-order chi connectivity index (χ1) is 12.1. The highest BCUT2D eigenvalue weighted by atomic mass is 35.5. The average molecular weight is 371 g/mol. The minimum absolute atomic E-state index is 0. The van der Waals surface area contributed by atoms with E-state index >= 15 is 0 Å². The second kappa shape index (κ2) is 8.59. The Labute approximate surface area is 159 Å². The number of anilines is 1. The maximum Gasteiger partial charge on any atom is 0.216 e. The van der Waals surface area contributed by atoms with Crippen molar-refractivity contribution in [2.45, 2.75) is 13.3 Å². The predicted octanol–water partition coefficient (Wildman–Crippen LogP) is 4.20. The van der Waals surface area contributed by atoms with Gasteiger partial charge in [-0.2, -0.15) is 0 Å². The lowest BCUT2D eigenvalue weighted by Crippen LogP contribution is -2.22. The number of carbonyl (C=O) groups is 1. The average Bonchev–Trinajstić information content (AvgIpc) is 2.61. The molecule has 3 N–H and O–H groups in total. The Balaban J connectivity index is 0.00000243. The number of benzene rings is 3. The molecule has 4 nitrogen and oxygen atoms in total. The Morgan fingerprint density at radius 1 is 1.12 bits per heavy atom. The lowest BCUT2D eigenvalue weighted by molar-refractivity contribution is -0.118. The highest BCUT2D eigenvalue weighted by Crippen LogP contribution is 2.32. The van der Waals surface area contributed by atoms with Gasteiger partial charge < -0.3 is 15.8 Å². The van der Waals surface area contributed by atoms with Gasteiger partial charge in [0.25, 0.3) is 0 Å². The van der Waals surface area contributed by atoms with Crippen molar-refractivity contribution in [3.63, 3.8) is 0 Å². The molecule has 0 aliphatic carbocycles. The van der Waals surface area contributed by atoms with Crippen LogP contribution in [0.2, 0.25) is 0 Å². The first-order valence-electron chi connectivity index (χ1n) is 8.28. The molecule has 3 rings (SSSR count). The van der Waals surface area contributed by atoms with Crippen molar-refractivity contribution in [3.8, 4) is 16.9 Å². The minimum atomic E-state index is -0.0228. The molecular weight excluding hydrogens is 348 g/mol. The zero-order valence-electron chi connectivity index (χ0n) is 14.9. The van der Waals surface area contributed by atoms with Crippen molar-refractivity contribution >= 4 is 34.8 Å². The van der Waals surface area contributed by atoms with Crippen LogP contribution in [0, 0.1) is 0 Å². The van der Waals surface area contributed by atoms with Gasteiger partial charge in [0, 0.05) is 24.7 Å². The molecule has 26 heavy (non-hydrogen) atoms. The Bertz CT molecular complexity index is 925. The minimum Gasteiger partial charge on any atom is -0.497 e. The Morgan fingerprint density at radius 3 is 2.58 bits per heavy atom. The molecule has 0 spiro atoms. The van der Waals surface area contributed by atoms with Gasteiger partial charge in [-0.3, -0.25) is 4.79 Å². The Hall–Kier alpha value is -2.72. The van der Waals surface area contributed by atoms with Crippen LogP contribution in [-0.4, -0.2) is 19.6 Å². The molecule has 5 heteroatoms. The summed E-state index contributed by atoms with van der Waals surface area (Å²) in [5.74, 6) is 0.797. The third-order valence-electron chi connectivity index (χ3n) is 4.29. The van der Waals surface area contributed by atoms with E-state index in [0.717, 1.165) is 45.3 Å². The molecule has 136 valence electrons. The summed E-state index contributed by atoms with van der Waals surface area (Å²) in [7, 11) is 1.66. The fourth-order valence-corrected chi connectivity index (χ4v) is 3.04. The van der Waals surface area contributed by atoms with Gasteiger partial charge >= 0.3 is 0 Å². The molecule has 0 heterocycles. The highest BCUT2D eigenvalue weighted by molar-refractivity contribution is 5.93. The molecule has 0 radical (unpaired) electrons. The van der Waals surface area contributed by atoms with Gasteiger partial charge in [0.15, 0.2) is 0 Å². The molecule has 0 aliphatic heterocycles. The van der Waals surface area contributed by atoms with E-state index in [1.807, 2.05) is 36.4 Å². The van der Waals surface area contributed by atoms with Crippen LogP contribution in [-0.2, 0) is 11.2 Å². The molecule has 3 aromatic carbocycles. The highest BCUT2D eigenvalue weighted by Gasteiger charge is 2.09. The van der Waals surface area contributed by atoms with E-state index in [1.54, 1.807) is 7.11 Å². The van der Waals surface area contributed by atoms with Crippen LogP contribution in [0.3, 0.4) is 0 Å². The van der Waals surface area contributed by atoms with Crippen LogP contribution < -0.4 is 15.8 Å². The van der Waals surface area contributed by atoms with Crippen LogP contribution in [0.4, 0.5) is 5.69 Å². The van der Waals surface area contributed by atoms with Crippen LogP contribution in [0.25, 0.3) is 21.9 Å². The number of nitrogens with one attached hydrogen (secondary N) is 1. The smallest absolute Gasteiger partial charge is 0.216 e. The number of hydrogen-bond donors (Lipinski definition) is 2. The van der Waals surface area contributed by atoms with Crippen molar-refractivity contribution in [1.82, 2.24) is 5.32 Å². The first kappa shape index (κ1) is 19.6. The second-order valence-corrected chi connectivity index (χ2v) is 6.04. The fraction of sp³-hybridized carbons (Fsp3) is 0.190. The summed E-state index contributed by atoms with van der Waals surface area (Å²) in [6.07, 6.45) is 0.740. The van der Waals surface area contributed by atoms with Gasteiger partial charge in [0.1, 0.15) is 5.75 Å². The maximum atomic E-state index is 11.2. The van der Waals surface area contributed by atoms with Crippen molar-refractivity contribution in [2.24, 2.45) is 0 Å². The predicted molar refractivity (Wildman–Crippen MR) is 110 cm³/mol. The molecule has 0 aliphatic rings. The van der Waals surface area contributed by atoms with Gasteiger partial charge in [-0.05, 0) is 52.6 Å². The van der Waals surface area contributed by atoms with Gasteiger partial charge in [0.05, 0.1) is 7.11 Å². The van der Waals surface area contributed by atoms with Crippen molar-refractivity contribution in [1.29, 1.82) is 0 Å². The molecule has 3 aromatic rings. The number of hydrogen-bond acceptors (Lipinski definition) is 3. The standard InChI is InChI=1S/C21H22N2O2.ClH/c1-14(24)23-10-9-16-12-17(19-5-3-4-6-21(19)22)11-15-7-8-18(25-2)13-20(15)16;/h3-8,11-13H,9-10,22H2,1-2H3,(H,23,24);1H. The number of nitrogen functional groups attached to an aromatic ring is 1. The van der Waals surface area contributed by atoms with E-state index in [4.69, 9.17) is 10.5 Å². The van der Waals surface area contributed by atoms with E-state index < -0.39 is 0 Å². The van der Waals surface area contributed by atoms with Gasteiger partial charge in [-0.1, -0.05) is 30.3 Å². The number of halogens is 1. The Kier molecular flexibility index (Phi) is 6.47.